The third-order valence-corrected chi connectivity index (χ3v) is 2.83. The summed E-state index contributed by atoms with van der Waals surface area (Å²) >= 11 is 11.7. The molecular formula is C10H9Cl2N5O. The van der Waals surface area contributed by atoms with Gasteiger partial charge in [0.2, 0.25) is 0 Å². The standard InChI is InChI=1S/C10H9Cl2N5O/c1-5(9-14-16-17-15-9)13-10(18)7-4-6(11)2-3-8(7)12/h2-5H,1H3,(H,13,18)(H,14,15,16,17). The van der Waals surface area contributed by atoms with Gasteiger partial charge in [0.25, 0.3) is 5.91 Å². The molecule has 0 aliphatic carbocycles. The van der Waals surface area contributed by atoms with Crippen molar-refractivity contribution in [2.24, 2.45) is 0 Å². The van der Waals surface area contributed by atoms with E-state index in [0.717, 1.165) is 0 Å². The number of halogens is 2. The number of carbonyl (C=O) groups excluding carboxylic acids is 1. The number of tetrazole rings is 1. The molecule has 2 aromatic rings. The maximum atomic E-state index is 12.0. The van der Waals surface area contributed by atoms with Gasteiger partial charge in [0.1, 0.15) is 0 Å². The second-order valence-electron chi connectivity index (χ2n) is 3.59. The minimum atomic E-state index is -0.383. The van der Waals surface area contributed by atoms with Crippen LogP contribution in [-0.4, -0.2) is 26.5 Å². The molecule has 8 heteroatoms. The van der Waals surface area contributed by atoms with Crippen molar-refractivity contribution >= 4 is 29.1 Å². The molecule has 1 aromatic carbocycles. The van der Waals surface area contributed by atoms with Crippen LogP contribution in [0.2, 0.25) is 10.0 Å². The second-order valence-corrected chi connectivity index (χ2v) is 4.43. The van der Waals surface area contributed by atoms with Gasteiger partial charge in [0.05, 0.1) is 16.6 Å². The smallest absolute Gasteiger partial charge is 0.253 e. The first-order valence-corrected chi connectivity index (χ1v) is 5.83. The molecule has 0 radical (unpaired) electrons. The maximum Gasteiger partial charge on any atom is 0.253 e. The summed E-state index contributed by atoms with van der Waals surface area (Å²) in [5.41, 5.74) is 0.305. The van der Waals surface area contributed by atoms with Crippen LogP contribution in [0.3, 0.4) is 0 Å². The molecule has 2 rings (SSSR count). The van der Waals surface area contributed by atoms with Gasteiger partial charge in [0.15, 0.2) is 5.82 Å². The summed E-state index contributed by atoms with van der Waals surface area (Å²) in [6.07, 6.45) is 0. The van der Waals surface area contributed by atoms with Gasteiger partial charge in [-0.3, -0.25) is 4.79 Å². The minimum absolute atomic E-state index is 0.305. The lowest BCUT2D eigenvalue weighted by atomic mass is 10.2. The highest BCUT2D eigenvalue weighted by atomic mass is 35.5. The van der Waals surface area contributed by atoms with E-state index in [4.69, 9.17) is 23.2 Å². The molecule has 0 aliphatic rings. The van der Waals surface area contributed by atoms with E-state index in [1.165, 1.54) is 6.07 Å². The molecule has 2 N–H and O–H groups in total. The van der Waals surface area contributed by atoms with E-state index in [9.17, 15) is 4.79 Å². The van der Waals surface area contributed by atoms with Gasteiger partial charge in [-0.2, -0.15) is 5.21 Å². The zero-order valence-corrected chi connectivity index (χ0v) is 10.8. The summed E-state index contributed by atoms with van der Waals surface area (Å²) in [7, 11) is 0. The van der Waals surface area contributed by atoms with Crippen molar-refractivity contribution < 1.29 is 4.79 Å². The van der Waals surface area contributed by atoms with E-state index in [0.29, 0.717) is 21.4 Å². The number of hydrogen-bond donors (Lipinski definition) is 2. The van der Waals surface area contributed by atoms with Gasteiger partial charge in [0, 0.05) is 5.02 Å². The molecule has 1 amide bonds. The quantitative estimate of drug-likeness (QED) is 0.903. The van der Waals surface area contributed by atoms with Gasteiger partial charge in [-0.25, -0.2) is 0 Å². The Morgan fingerprint density at radius 1 is 1.44 bits per heavy atom. The predicted octanol–water partition coefficient (Wildman–Crippen LogP) is 2.00. The van der Waals surface area contributed by atoms with Gasteiger partial charge < -0.3 is 5.32 Å². The number of carbonyl (C=O) groups is 1. The van der Waals surface area contributed by atoms with Crippen LogP contribution < -0.4 is 5.32 Å². The number of nitrogens with zero attached hydrogens (tertiary/aromatic N) is 3. The van der Waals surface area contributed by atoms with Crippen LogP contribution in [0, 0.1) is 0 Å². The first-order chi connectivity index (χ1) is 8.58. The molecule has 6 nitrogen and oxygen atoms in total. The fourth-order valence-corrected chi connectivity index (χ4v) is 1.74. The van der Waals surface area contributed by atoms with E-state index < -0.39 is 0 Å². The number of aromatic amines is 1. The number of aromatic nitrogens is 4. The lowest BCUT2D eigenvalue weighted by Gasteiger charge is -2.11. The highest BCUT2D eigenvalue weighted by Crippen LogP contribution is 2.21. The third kappa shape index (κ3) is 2.77. The van der Waals surface area contributed by atoms with Crippen molar-refractivity contribution in [3.63, 3.8) is 0 Å². The summed E-state index contributed by atoms with van der Waals surface area (Å²) in [6, 6.07) is 4.30. The normalized spacial score (nSPS) is 12.2. The molecule has 0 aliphatic heterocycles. The number of amides is 1. The molecule has 1 atom stereocenters. The zero-order chi connectivity index (χ0) is 13.1. The van der Waals surface area contributed by atoms with Crippen molar-refractivity contribution in [3.8, 4) is 0 Å². The monoisotopic (exact) mass is 285 g/mol. The summed E-state index contributed by atoms with van der Waals surface area (Å²) in [5.74, 6) is 0.0429. The Labute approximate surface area is 113 Å². The Morgan fingerprint density at radius 2 is 2.22 bits per heavy atom. The molecule has 1 heterocycles. The summed E-state index contributed by atoms with van der Waals surface area (Å²) in [6.45, 7) is 1.74. The van der Waals surface area contributed by atoms with Crippen LogP contribution in [0.25, 0.3) is 0 Å². The van der Waals surface area contributed by atoms with Crippen LogP contribution in [0.4, 0.5) is 0 Å². The number of H-pyrrole nitrogens is 1. The Kier molecular flexibility index (Phi) is 3.78. The predicted molar refractivity (Wildman–Crippen MR) is 66.5 cm³/mol. The number of hydrogen-bond acceptors (Lipinski definition) is 4. The topological polar surface area (TPSA) is 83.6 Å². The SMILES string of the molecule is CC(NC(=O)c1cc(Cl)ccc1Cl)c1nn[nH]n1. The minimum Gasteiger partial charge on any atom is -0.342 e. The van der Waals surface area contributed by atoms with Crippen molar-refractivity contribution in [1.82, 2.24) is 25.9 Å². The van der Waals surface area contributed by atoms with E-state index >= 15 is 0 Å². The fourth-order valence-electron chi connectivity index (χ4n) is 1.36. The van der Waals surface area contributed by atoms with Gasteiger partial charge in [-0.15, -0.1) is 10.2 Å². The Morgan fingerprint density at radius 3 is 2.89 bits per heavy atom. The lowest BCUT2D eigenvalue weighted by molar-refractivity contribution is 0.0938. The second kappa shape index (κ2) is 5.32. The van der Waals surface area contributed by atoms with E-state index in [1.54, 1.807) is 19.1 Å². The molecule has 0 fully saturated rings. The largest absolute Gasteiger partial charge is 0.342 e. The molecule has 94 valence electrons. The first kappa shape index (κ1) is 12.8. The molecule has 1 aromatic heterocycles. The summed E-state index contributed by atoms with van der Waals surface area (Å²) in [4.78, 5) is 12.0. The number of benzene rings is 1. The highest BCUT2D eigenvalue weighted by molar-refractivity contribution is 6.35. The summed E-state index contributed by atoms with van der Waals surface area (Å²) < 4.78 is 0. The molecule has 0 spiro atoms. The average molecular weight is 286 g/mol. The average Bonchev–Trinajstić information content (AvgIpc) is 2.85. The third-order valence-electron chi connectivity index (χ3n) is 2.27. The van der Waals surface area contributed by atoms with Crippen molar-refractivity contribution in [1.29, 1.82) is 0 Å². The van der Waals surface area contributed by atoms with Crippen molar-refractivity contribution in [3.05, 3.63) is 39.6 Å². The first-order valence-electron chi connectivity index (χ1n) is 5.07. The van der Waals surface area contributed by atoms with E-state index in [1.807, 2.05) is 0 Å². The van der Waals surface area contributed by atoms with Gasteiger partial charge in [-0.1, -0.05) is 28.4 Å². The van der Waals surface area contributed by atoms with E-state index in [-0.39, 0.29) is 11.9 Å². The molecule has 0 saturated carbocycles. The van der Waals surface area contributed by atoms with E-state index in [2.05, 4.69) is 25.9 Å². The van der Waals surface area contributed by atoms with Gasteiger partial charge in [-0.05, 0) is 25.1 Å². The van der Waals surface area contributed by atoms with Crippen LogP contribution >= 0.6 is 23.2 Å². The van der Waals surface area contributed by atoms with Crippen LogP contribution in [-0.2, 0) is 0 Å². The fraction of sp³-hybridized carbons (Fsp3) is 0.200. The maximum absolute atomic E-state index is 12.0. The molecule has 18 heavy (non-hydrogen) atoms. The van der Waals surface area contributed by atoms with Crippen LogP contribution in [0.15, 0.2) is 18.2 Å². The Hall–Kier alpha value is -1.66. The summed E-state index contributed by atoms with van der Waals surface area (Å²) in [5, 5.41) is 16.8. The van der Waals surface area contributed by atoms with Crippen molar-refractivity contribution in [2.75, 3.05) is 0 Å². The Balaban J connectivity index is 2.15. The highest BCUT2D eigenvalue weighted by Gasteiger charge is 2.17. The molecule has 0 bridgehead atoms. The van der Waals surface area contributed by atoms with Crippen molar-refractivity contribution in [2.45, 2.75) is 13.0 Å². The number of rotatable bonds is 3. The van der Waals surface area contributed by atoms with Gasteiger partial charge >= 0.3 is 0 Å². The van der Waals surface area contributed by atoms with Crippen LogP contribution in [0.1, 0.15) is 29.1 Å². The molecule has 0 saturated heterocycles. The lowest BCUT2D eigenvalue weighted by Crippen LogP contribution is -2.27. The molecule has 1 unspecified atom stereocenters. The number of nitrogens with one attached hydrogen (secondary N) is 2. The van der Waals surface area contributed by atoms with Crippen LogP contribution in [0.5, 0.6) is 0 Å². The Bertz CT molecular complexity index is 557. The molecular weight excluding hydrogens is 277 g/mol. The zero-order valence-electron chi connectivity index (χ0n) is 9.32.